The molecular weight excluding hydrogens is 382 g/mol. The van der Waals surface area contributed by atoms with E-state index in [4.69, 9.17) is 0 Å². The van der Waals surface area contributed by atoms with Crippen molar-refractivity contribution >= 4 is 23.4 Å². The van der Waals surface area contributed by atoms with Gasteiger partial charge in [-0.25, -0.2) is 5.01 Å². The number of benzene rings is 2. The summed E-state index contributed by atoms with van der Waals surface area (Å²) in [4.78, 5) is 12.7. The van der Waals surface area contributed by atoms with Gasteiger partial charge in [0.25, 0.3) is 5.91 Å². The van der Waals surface area contributed by atoms with Crippen LogP contribution >= 0.6 is 11.8 Å². The Bertz CT molecular complexity index is 1030. The molecule has 146 valence electrons. The van der Waals surface area contributed by atoms with Gasteiger partial charge in [0.15, 0.2) is 11.0 Å². The van der Waals surface area contributed by atoms with Crippen molar-refractivity contribution in [2.75, 3.05) is 12.3 Å². The highest BCUT2D eigenvalue weighted by Gasteiger charge is 2.22. The molecule has 3 aromatic rings. The highest BCUT2D eigenvalue weighted by Crippen LogP contribution is 2.25. The Labute approximate surface area is 174 Å². The first-order chi connectivity index (χ1) is 14.3. The molecule has 0 atom stereocenters. The van der Waals surface area contributed by atoms with E-state index in [2.05, 4.69) is 21.9 Å². The van der Waals surface area contributed by atoms with Crippen LogP contribution in [-0.4, -0.2) is 43.7 Å². The normalized spacial score (nSPS) is 13.4. The summed E-state index contributed by atoms with van der Waals surface area (Å²) in [5, 5.41) is 15.4. The van der Waals surface area contributed by atoms with Crippen LogP contribution in [0.2, 0.25) is 0 Å². The number of amides is 1. The van der Waals surface area contributed by atoms with Gasteiger partial charge in [0, 0.05) is 18.5 Å². The lowest BCUT2D eigenvalue weighted by atomic mass is 10.1. The summed E-state index contributed by atoms with van der Waals surface area (Å²) in [5.74, 6) is 0.997. The van der Waals surface area contributed by atoms with Crippen LogP contribution in [0.4, 0.5) is 0 Å². The lowest BCUT2D eigenvalue weighted by Gasteiger charge is -2.11. The fraction of sp³-hybridized carbons (Fsp3) is 0.182. The van der Waals surface area contributed by atoms with Crippen molar-refractivity contribution in [1.29, 1.82) is 0 Å². The molecule has 0 aliphatic carbocycles. The number of aromatic nitrogens is 3. The third-order valence-corrected chi connectivity index (χ3v) is 5.53. The zero-order valence-corrected chi connectivity index (χ0v) is 16.8. The number of rotatable bonds is 7. The van der Waals surface area contributed by atoms with E-state index in [1.807, 2.05) is 65.2 Å². The standard InChI is InChI=1S/C22H21N5OS/c1-2-14-26-21(18-11-7-4-8-12-18)23-24-22(26)29-16-20(28)27-15-13-19(25-27)17-9-5-3-6-10-17/h2-12H,1,13-16H2. The molecule has 29 heavy (non-hydrogen) atoms. The van der Waals surface area contributed by atoms with Crippen LogP contribution in [0, 0.1) is 0 Å². The lowest BCUT2D eigenvalue weighted by molar-refractivity contribution is -0.127. The Balaban J connectivity index is 1.45. The molecule has 1 aliphatic rings. The van der Waals surface area contributed by atoms with Gasteiger partial charge in [0.1, 0.15) is 0 Å². The Morgan fingerprint density at radius 2 is 1.72 bits per heavy atom. The van der Waals surface area contributed by atoms with Crippen molar-refractivity contribution in [3.8, 4) is 11.4 Å². The second kappa shape index (κ2) is 8.87. The third-order valence-electron chi connectivity index (χ3n) is 4.58. The first-order valence-corrected chi connectivity index (χ1v) is 10.4. The number of carbonyl (C=O) groups is 1. The Kier molecular flexibility index (Phi) is 5.86. The zero-order chi connectivity index (χ0) is 20.1. The topological polar surface area (TPSA) is 63.4 Å². The molecular formula is C22H21N5OS. The van der Waals surface area contributed by atoms with Gasteiger partial charge in [-0.1, -0.05) is 78.5 Å². The van der Waals surface area contributed by atoms with Gasteiger partial charge in [-0.2, -0.15) is 5.10 Å². The second-order valence-electron chi connectivity index (χ2n) is 6.54. The maximum Gasteiger partial charge on any atom is 0.253 e. The van der Waals surface area contributed by atoms with Gasteiger partial charge in [-0.3, -0.25) is 9.36 Å². The fourth-order valence-electron chi connectivity index (χ4n) is 3.16. The van der Waals surface area contributed by atoms with Crippen molar-refractivity contribution in [3.05, 3.63) is 78.9 Å². The van der Waals surface area contributed by atoms with E-state index in [1.165, 1.54) is 11.8 Å². The summed E-state index contributed by atoms with van der Waals surface area (Å²) in [6.45, 7) is 5.01. The summed E-state index contributed by atoms with van der Waals surface area (Å²) in [5.41, 5.74) is 3.00. The first-order valence-electron chi connectivity index (χ1n) is 9.42. The SMILES string of the molecule is C=CCn1c(SCC(=O)N2CCC(c3ccccc3)=N2)nnc1-c1ccccc1. The zero-order valence-electron chi connectivity index (χ0n) is 15.9. The van der Waals surface area contributed by atoms with Crippen LogP contribution in [-0.2, 0) is 11.3 Å². The van der Waals surface area contributed by atoms with E-state index in [9.17, 15) is 4.79 Å². The van der Waals surface area contributed by atoms with Crippen LogP contribution in [0.15, 0.2) is 83.6 Å². The van der Waals surface area contributed by atoms with Crippen molar-refractivity contribution < 1.29 is 4.79 Å². The molecule has 1 amide bonds. The van der Waals surface area contributed by atoms with Gasteiger partial charge in [0.05, 0.1) is 18.0 Å². The number of allylic oxidation sites excluding steroid dienone is 1. The Morgan fingerprint density at radius 1 is 1.03 bits per heavy atom. The van der Waals surface area contributed by atoms with Gasteiger partial charge < -0.3 is 0 Å². The number of thioether (sulfide) groups is 1. The summed E-state index contributed by atoms with van der Waals surface area (Å²) in [6.07, 6.45) is 2.57. The molecule has 0 spiro atoms. The van der Waals surface area contributed by atoms with Gasteiger partial charge in [0.2, 0.25) is 0 Å². The number of hydrazone groups is 1. The van der Waals surface area contributed by atoms with Gasteiger partial charge >= 0.3 is 0 Å². The summed E-state index contributed by atoms with van der Waals surface area (Å²) in [7, 11) is 0. The van der Waals surface area contributed by atoms with E-state index in [1.54, 1.807) is 11.1 Å². The smallest absolute Gasteiger partial charge is 0.253 e. The first kappa shape index (κ1) is 19.1. The summed E-state index contributed by atoms with van der Waals surface area (Å²) < 4.78 is 1.98. The monoisotopic (exact) mass is 403 g/mol. The fourth-order valence-corrected chi connectivity index (χ4v) is 3.98. The van der Waals surface area contributed by atoms with E-state index >= 15 is 0 Å². The Morgan fingerprint density at radius 3 is 2.41 bits per heavy atom. The average Bonchev–Trinajstić information content (AvgIpc) is 3.41. The van der Waals surface area contributed by atoms with Crippen LogP contribution in [0.3, 0.4) is 0 Å². The molecule has 0 saturated heterocycles. The third kappa shape index (κ3) is 4.30. The molecule has 1 aliphatic heterocycles. The van der Waals surface area contributed by atoms with Crippen LogP contribution in [0.25, 0.3) is 11.4 Å². The molecule has 7 heteroatoms. The van der Waals surface area contributed by atoms with Crippen LogP contribution in [0.1, 0.15) is 12.0 Å². The van der Waals surface area contributed by atoms with E-state index in [-0.39, 0.29) is 11.7 Å². The Hall–Kier alpha value is -3.19. The number of hydrogen-bond donors (Lipinski definition) is 0. The maximum absolute atomic E-state index is 12.7. The van der Waals surface area contributed by atoms with Crippen molar-refractivity contribution in [2.24, 2.45) is 5.10 Å². The van der Waals surface area contributed by atoms with Crippen LogP contribution < -0.4 is 0 Å². The van der Waals surface area contributed by atoms with E-state index in [0.717, 1.165) is 29.1 Å². The van der Waals surface area contributed by atoms with Crippen molar-refractivity contribution in [2.45, 2.75) is 18.1 Å². The highest BCUT2D eigenvalue weighted by atomic mass is 32.2. The van der Waals surface area contributed by atoms with Crippen LogP contribution in [0.5, 0.6) is 0 Å². The quantitative estimate of drug-likeness (QED) is 0.444. The predicted molar refractivity (Wildman–Crippen MR) is 116 cm³/mol. The molecule has 0 radical (unpaired) electrons. The molecule has 0 unspecified atom stereocenters. The molecule has 4 rings (SSSR count). The lowest BCUT2D eigenvalue weighted by Crippen LogP contribution is -2.25. The molecule has 2 aromatic carbocycles. The summed E-state index contributed by atoms with van der Waals surface area (Å²) in [6, 6.07) is 19.9. The molecule has 1 aromatic heterocycles. The highest BCUT2D eigenvalue weighted by molar-refractivity contribution is 7.99. The molecule has 0 fully saturated rings. The van der Waals surface area contributed by atoms with E-state index < -0.39 is 0 Å². The largest absolute Gasteiger partial charge is 0.298 e. The molecule has 0 bridgehead atoms. The second-order valence-corrected chi connectivity index (χ2v) is 7.48. The van der Waals surface area contributed by atoms with Crippen molar-refractivity contribution in [1.82, 2.24) is 19.8 Å². The number of hydrogen-bond acceptors (Lipinski definition) is 5. The minimum absolute atomic E-state index is 0.0321. The number of carbonyl (C=O) groups excluding carboxylic acids is 1. The molecule has 2 heterocycles. The summed E-state index contributed by atoms with van der Waals surface area (Å²) >= 11 is 1.38. The minimum atomic E-state index is -0.0321. The van der Waals surface area contributed by atoms with Gasteiger partial charge in [-0.15, -0.1) is 16.8 Å². The van der Waals surface area contributed by atoms with Crippen molar-refractivity contribution in [3.63, 3.8) is 0 Å². The van der Waals surface area contributed by atoms with Gasteiger partial charge in [-0.05, 0) is 5.56 Å². The molecule has 0 saturated carbocycles. The predicted octanol–water partition coefficient (Wildman–Crippen LogP) is 3.86. The molecule has 0 N–H and O–H groups in total. The average molecular weight is 404 g/mol. The van der Waals surface area contributed by atoms with E-state index in [0.29, 0.717) is 18.2 Å². The maximum atomic E-state index is 12.7. The minimum Gasteiger partial charge on any atom is -0.298 e. The molecule has 6 nitrogen and oxygen atoms in total. The number of nitrogens with zero attached hydrogens (tertiary/aromatic N) is 5.